The average Bonchev–Trinajstić information content (AvgIpc) is 2.80. The van der Waals surface area contributed by atoms with Crippen LogP contribution in [-0.4, -0.2) is 42.0 Å². The van der Waals surface area contributed by atoms with Gasteiger partial charge in [0.1, 0.15) is 30.8 Å². The monoisotopic (exact) mass is 474 g/mol. The molecule has 3 rings (SSSR count). The molecule has 0 atom stereocenters. The van der Waals surface area contributed by atoms with E-state index in [1.54, 1.807) is 23.9 Å². The predicted octanol–water partition coefficient (Wildman–Crippen LogP) is 4.47. The number of nitrogens with zero attached hydrogens (tertiary/aromatic N) is 3. The molecule has 0 saturated carbocycles. The lowest BCUT2D eigenvalue weighted by molar-refractivity contribution is -0.114. The van der Waals surface area contributed by atoms with Crippen molar-refractivity contribution < 1.29 is 27.9 Å². The van der Waals surface area contributed by atoms with Crippen LogP contribution in [0.2, 0.25) is 0 Å². The van der Waals surface area contributed by atoms with E-state index in [1.807, 2.05) is 19.2 Å². The number of hydrogen-bond acceptors (Lipinski definition) is 8. The molecule has 11 heteroatoms. The number of thioether (sulfide) groups is 1. The summed E-state index contributed by atoms with van der Waals surface area (Å²) in [5, 5.41) is 6.06. The molecule has 0 saturated heterocycles. The second kappa shape index (κ2) is 10.7. The molecule has 2 aromatic carbocycles. The second-order valence-electron chi connectivity index (χ2n) is 6.48. The molecule has 1 aromatic heterocycles. The maximum absolute atomic E-state index is 15.1. The van der Waals surface area contributed by atoms with Gasteiger partial charge in [-0.3, -0.25) is 4.79 Å². The number of nitrogens with one attached hydrogen (secondary N) is 1. The zero-order valence-electron chi connectivity index (χ0n) is 18.2. The van der Waals surface area contributed by atoms with Gasteiger partial charge in [0.15, 0.2) is 5.71 Å². The summed E-state index contributed by atoms with van der Waals surface area (Å²) in [5.41, 5.74) is 0.807. The van der Waals surface area contributed by atoms with Crippen molar-refractivity contribution in [2.45, 2.75) is 11.8 Å². The van der Waals surface area contributed by atoms with Crippen molar-refractivity contribution in [3.05, 3.63) is 65.5 Å². The van der Waals surface area contributed by atoms with Crippen LogP contribution < -0.4 is 14.8 Å². The molecule has 1 amide bonds. The maximum Gasteiger partial charge on any atom is 0.273 e. The molecule has 0 aliphatic rings. The molecule has 0 aliphatic heterocycles. The van der Waals surface area contributed by atoms with Crippen LogP contribution in [0.5, 0.6) is 23.3 Å². The number of ether oxygens (including phenoxy) is 2. The van der Waals surface area contributed by atoms with Crippen LogP contribution in [0.15, 0.2) is 52.8 Å². The largest absolute Gasteiger partial charge is 0.436 e. The first-order valence-corrected chi connectivity index (χ1v) is 10.7. The van der Waals surface area contributed by atoms with Gasteiger partial charge >= 0.3 is 0 Å². The lowest BCUT2D eigenvalue weighted by Gasteiger charge is -2.13. The van der Waals surface area contributed by atoms with E-state index in [0.717, 1.165) is 28.9 Å². The van der Waals surface area contributed by atoms with Gasteiger partial charge in [-0.05, 0) is 49.1 Å². The Bertz CT molecular complexity index is 1210. The Kier molecular flexibility index (Phi) is 7.78. The number of oxime groups is 1. The molecule has 0 fully saturated rings. The van der Waals surface area contributed by atoms with Crippen LogP contribution in [0, 0.1) is 18.6 Å². The third kappa shape index (κ3) is 5.55. The minimum Gasteiger partial charge on any atom is -0.436 e. The van der Waals surface area contributed by atoms with Crippen molar-refractivity contribution in [3.63, 3.8) is 0 Å². The maximum atomic E-state index is 15.1. The zero-order chi connectivity index (χ0) is 24.0. The summed E-state index contributed by atoms with van der Waals surface area (Å²) in [4.78, 5) is 25.6. The smallest absolute Gasteiger partial charge is 0.273 e. The van der Waals surface area contributed by atoms with E-state index in [0.29, 0.717) is 5.75 Å². The number of benzene rings is 2. The quantitative estimate of drug-likeness (QED) is 0.292. The van der Waals surface area contributed by atoms with Crippen LogP contribution in [0.4, 0.5) is 8.78 Å². The molecule has 33 heavy (non-hydrogen) atoms. The number of likely N-dealkylation sites (N-methyl/N-ethyl adjacent to an activating group) is 1. The Balaban J connectivity index is 1.97. The molecular formula is C22H20F2N4O4S. The van der Waals surface area contributed by atoms with Crippen molar-refractivity contribution in [3.8, 4) is 23.3 Å². The molecule has 1 heterocycles. The standard InChI is InChI=1S/C22H20F2N4O4S/c1-12-9-14(6-8-17(12)33-4)31-21-18(24)22(27-11-26-21)32-16-10-13(23)5-7-15(16)19(28-30-3)20(29)25-2/h5-11H,1-4H3,(H,25,29)/b28-19+. The van der Waals surface area contributed by atoms with E-state index in [2.05, 4.69) is 20.4 Å². The first-order valence-electron chi connectivity index (χ1n) is 9.52. The zero-order valence-corrected chi connectivity index (χ0v) is 19.0. The third-order valence-corrected chi connectivity index (χ3v) is 5.23. The minimum atomic E-state index is -1.01. The van der Waals surface area contributed by atoms with Crippen molar-refractivity contribution in [2.24, 2.45) is 5.16 Å². The number of hydrogen-bond donors (Lipinski definition) is 1. The van der Waals surface area contributed by atoms with Gasteiger partial charge in [0, 0.05) is 18.0 Å². The summed E-state index contributed by atoms with van der Waals surface area (Å²) in [5.74, 6) is -3.07. The van der Waals surface area contributed by atoms with Crippen molar-refractivity contribution >= 4 is 23.4 Å². The molecular weight excluding hydrogens is 454 g/mol. The Labute approximate surface area is 193 Å². The Morgan fingerprint density at radius 1 is 1.09 bits per heavy atom. The van der Waals surface area contributed by atoms with E-state index in [9.17, 15) is 9.18 Å². The van der Waals surface area contributed by atoms with E-state index in [-0.39, 0.29) is 22.9 Å². The van der Waals surface area contributed by atoms with Crippen LogP contribution in [0.1, 0.15) is 11.1 Å². The van der Waals surface area contributed by atoms with Crippen LogP contribution in [0.25, 0.3) is 0 Å². The van der Waals surface area contributed by atoms with Gasteiger partial charge < -0.3 is 19.6 Å². The van der Waals surface area contributed by atoms with Crippen LogP contribution >= 0.6 is 11.8 Å². The molecule has 3 aromatic rings. The number of carbonyl (C=O) groups excluding carboxylic acids is 1. The van der Waals surface area contributed by atoms with Gasteiger partial charge in [-0.15, -0.1) is 11.8 Å². The minimum absolute atomic E-state index is 0.0568. The average molecular weight is 474 g/mol. The van der Waals surface area contributed by atoms with Crippen molar-refractivity contribution in [1.29, 1.82) is 0 Å². The Morgan fingerprint density at radius 2 is 1.82 bits per heavy atom. The van der Waals surface area contributed by atoms with Gasteiger partial charge in [0.25, 0.3) is 17.7 Å². The van der Waals surface area contributed by atoms with Crippen LogP contribution in [-0.2, 0) is 9.63 Å². The van der Waals surface area contributed by atoms with Crippen LogP contribution in [0.3, 0.4) is 0 Å². The molecule has 8 nitrogen and oxygen atoms in total. The van der Waals surface area contributed by atoms with Gasteiger partial charge in [-0.25, -0.2) is 4.39 Å². The summed E-state index contributed by atoms with van der Waals surface area (Å²) in [6.07, 6.45) is 2.99. The molecule has 0 bridgehead atoms. The van der Waals surface area contributed by atoms with Gasteiger partial charge in [-0.1, -0.05) is 5.16 Å². The Hall–Kier alpha value is -3.73. The van der Waals surface area contributed by atoms with Gasteiger partial charge in [0.05, 0.1) is 5.56 Å². The van der Waals surface area contributed by atoms with E-state index >= 15 is 4.39 Å². The van der Waals surface area contributed by atoms with Crippen molar-refractivity contribution in [1.82, 2.24) is 15.3 Å². The van der Waals surface area contributed by atoms with Gasteiger partial charge in [-0.2, -0.15) is 14.4 Å². The Morgan fingerprint density at radius 3 is 2.45 bits per heavy atom. The second-order valence-corrected chi connectivity index (χ2v) is 7.32. The third-order valence-electron chi connectivity index (χ3n) is 4.34. The van der Waals surface area contributed by atoms with E-state index in [4.69, 9.17) is 14.3 Å². The SMILES string of the molecule is CNC(=O)/C(=N/OC)c1ccc(F)cc1Oc1ncnc(Oc2ccc(SC)c(C)c2)c1F. The number of rotatable bonds is 8. The first kappa shape index (κ1) is 23.9. The highest BCUT2D eigenvalue weighted by atomic mass is 32.2. The lowest BCUT2D eigenvalue weighted by atomic mass is 10.1. The molecule has 1 N–H and O–H groups in total. The number of aryl methyl sites for hydroxylation is 1. The summed E-state index contributed by atoms with van der Waals surface area (Å²) >= 11 is 1.58. The van der Waals surface area contributed by atoms with Gasteiger partial charge in [0.2, 0.25) is 5.82 Å². The predicted molar refractivity (Wildman–Crippen MR) is 119 cm³/mol. The molecule has 0 unspecified atom stereocenters. The number of amides is 1. The highest BCUT2D eigenvalue weighted by molar-refractivity contribution is 7.98. The number of carbonyl (C=O) groups is 1. The van der Waals surface area contributed by atoms with E-state index < -0.39 is 23.4 Å². The van der Waals surface area contributed by atoms with E-state index in [1.165, 1.54) is 20.2 Å². The summed E-state index contributed by atoms with van der Waals surface area (Å²) in [6.45, 7) is 1.90. The normalized spacial score (nSPS) is 11.2. The fourth-order valence-electron chi connectivity index (χ4n) is 2.81. The molecule has 172 valence electrons. The fourth-order valence-corrected chi connectivity index (χ4v) is 3.39. The summed E-state index contributed by atoms with van der Waals surface area (Å²) in [7, 11) is 2.63. The highest BCUT2D eigenvalue weighted by Gasteiger charge is 2.22. The fraction of sp³-hybridized carbons (Fsp3) is 0.182. The number of aromatic nitrogens is 2. The highest BCUT2D eigenvalue weighted by Crippen LogP contribution is 2.33. The summed E-state index contributed by atoms with van der Waals surface area (Å²) < 4.78 is 40.1. The summed E-state index contributed by atoms with van der Waals surface area (Å²) in [6, 6.07) is 8.60. The van der Waals surface area contributed by atoms with Crippen molar-refractivity contribution in [2.75, 3.05) is 20.4 Å². The molecule has 0 radical (unpaired) electrons. The lowest BCUT2D eigenvalue weighted by Crippen LogP contribution is -2.29. The molecule has 0 aliphatic carbocycles. The number of halogens is 2. The topological polar surface area (TPSA) is 94.9 Å². The first-order chi connectivity index (χ1) is 15.9. The molecule has 0 spiro atoms.